The van der Waals surface area contributed by atoms with Crippen molar-refractivity contribution in [2.75, 3.05) is 5.12 Å². The lowest BCUT2D eigenvalue weighted by Gasteiger charge is -2.31. The van der Waals surface area contributed by atoms with Gasteiger partial charge in [0.05, 0.1) is 21.0 Å². The normalized spacial score (nSPS) is 14.4. The average molecular weight is 583 g/mol. The van der Waals surface area contributed by atoms with Gasteiger partial charge >= 0.3 is 6.18 Å². The summed E-state index contributed by atoms with van der Waals surface area (Å²) in [7, 11) is -9.35. The van der Waals surface area contributed by atoms with Gasteiger partial charge in [-0.2, -0.15) is 26.7 Å². The molecule has 0 unspecified atom stereocenters. The molecule has 0 saturated heterocycles. The van der Waals surface area contributed by atoms with Crippen molar-refractivity contribution < 1.29 is 39.9 Å². The van der Waals surface area contributed by atoms with Gasteiger partial charge in [-0.25, -0.2) is 13.1 Å². The molecule has 0 spiro atoms. The van der Waals surface area contributed by atoms with Gasteiger partial charge in [0, 0.05) is 0 Å². The molecule has 4 rings (SSSR count). The molecule has 39 heavy (non-hydrogen) atoms. The number of hydrogen-bond donors (Lipinski definition) is 3. The molecular weight excluding hydrogens is 561 g/mol. The maximum Gasteiger partial charge on any atom is 0.418 e. The summed E-state index contributed by atoms with van der Waals surface area (Å²) in [6.45, 7) is 3.38. The van der Waals surface area contributed by atoms with Gasteiger partial charge in [-0.15, -0.1) is 4.41 Å². The first kappa shape index (κ1) is 27.8. The Hall–Kier alpha value is -4.24. The van der Waals surface area contributed by atoms with Crippen molar-refractivity contribution in [2.24, 2.45) is 0 Å². The molecule has 3 N–H and O–H groups in total. The summed E-state index contributed by atoms with van der Waals surface area (Å²) in [5.41, 5.74) is 0.402. The zero-order chi connectivity index (χ0) is 28.8. The van der Waals surface area contributed by atoms with E-state index >= 15 is 0 Å². The zero-order valence-corrected chi connectivity index (χ0v) is 21.9. The zero-order valence-electron chi connectivity index (χ0n) is 20.3. The van der Waals surface area contributed by atoms with E-state index in [9.17, 15) is 39.9 Å². The number of alkyl halides is 3. The fraction of sp³-hybridized carbons (Fsp3) is 0.125. The second-order valence-corrected chi connectivity index (χ2v) is 11.9. The van der Waals surface area contributed by atoms with Crippen LogP contribution in [0.2, 0.25) is 0 Å². The maximum atomic E-state index is 13.8. The Morgan fingerprint density at radius 1 is 0.846 bits per heavy atom. The van der Waals surface area contributed by atoms with Crippen molar-refractivity contribution in [3.63, 3.8) is 0 Å². The first-order chi connectivity index (χ1) is 18.1. The van der Waals surface area contributed by atoms with Crippen LogP contribution >= 0.6 is 0 Å². The summed E-state index contributed by atoms with van der Waals surface area (Å²) in [4.78, 5) is 12.2. The monoisotopic (exact) mass is 582 g/mol. The predicted molar refractivity (Wildman–Crippen MR) is 133 cm³/mol. The van der Waals surface area contributed by atoms with E-state index in [1.807, 2.05) is 0 Å². The number of aryl methyl sites for hydroxylation is 2. The Morgan fingerprint density at radius 2 is 1.36 bits per heavy atom. The molecule has 1 heterocycles. The number of sulfonamides is 2. The van der Waals surface area contributed by atoms with Crippen LogP contribution < -0.4 is 15.3 Å². The van der Waals surface area contributed by atoms with E-state index in [0.29, 0.717) is 16.7 Å². The molecule has 0 bridgehead atoms. The predicted octanol–water partition coefficient (Wildman–Crippen LogP) is 3.48. The number of carbonyl (C=O) groups excluding carboxylic acids is 1. The fourth-order valence-electron chi connectivity index (χ4n) is 3.58. The van der Waals surface area contributed by atoms with E-state index in [2.05, 4.69) is 5.43 Å². The van der Waals surface area contributed by atoms with Gasteiger partial charge in [-0.1, -0.05) is 47.5 Å². The number of para-hydroxylation sites is 1. The molecular formula is C24H21F3N4O6S2. The van der Waals surface area contributed by atoms with Gasteiger partial charge in [-0.05, 0) is 50.2 Å². The standard InChI is InChI=1S/C24H21F3N4O6S2/c1-15-7-11-17(12-8-15)38(34,35)29-22(32)21-23(33)31(39(36,37)18-13-9-16(2)10-14-18)30(28-21)20-6-4-3-5-19(20)24(25,26)27/h3-14,28,33H,1-2H3,(H,29,32). The van der Waals surface area contributed by atoms with Gasteiger partial charge in [0.2, 0.25) is 0 Å². The second kappa shape index (κ2) is 9.81. The number of benzene rings is 3. The first-order valence-corrected chi connectivity index (χ1v) is 14.0. The summed E-state index contributed by atoms with van der Waals surface area (Å²) in [5, 5.41) is 11.2. The molecule has 0 fully saturated rings. The quantitative estimate of drug-likeness (QED) is 0.402. The van der Waals surface area contributed by atoms with E-state index in [1.165, 1.54) is 42.5 Å². The number of anilines is 1. The highest BCUT2D eigenvalue weighted by molar-refractivity contribution is 7.90. The number of nitrogens with zero attached hydrogens (tertiary/aromatic N) is 2. The van der Waals surface area contributed by atoms with Crippen molar-refractivity contribution >= 4 is 31.6 Å². The molecule has 206 valence electrons. The summed E-state index contributed by atoms with van der Waals surface area (Å²) in [6, 6.07) is 14.3. The smallest absolute Gasteiger partial charge is 0.418 e. The highest BCUT2D eigenvalue weighted by atomic mass is 32.2. The van der Waals surface area contributed by atoms with Gasteiger partial charge in [0.1, 0.15) is 0 Å². The highest BCUT2D eigenvalue weighted by Gasteiger charge is 2.46. The van der Waals surface area contributed by atoms with Crippen molar-refractivity contribution in [3.8, 4) is 0 Å². The van der Waals surface area contributed by atoms with Crippen LogP contribution in [0, 0.1) is 13.8 Å². The Kier molecular flexibility index (Phi) is 6.99. The third kappa shape index (κ3) is 5.35. The number of amides is 1. The first-order valence-electron chi connectivity index (χ1n) is 11.0. The summed E-state index contributed by atoms with van der Waals surface area (Å²) < 4.78 is 95.7. The van der Waals surface area contributed by atoms with E-state index in [4.69, 9.17) is 0 Å². The molecule has 0 radical (unpaired) electrons. The molecule has 1 aliphatic heterocycles. The summed E-state index contributed by atoms with van der Waals surface area (Å²) in [6.07, 6.45) is -4.97. The SMILES string of the molecule is Cc1ccc(S(=O)(=O)NC(=O)C2=C(O)N(S(=O)(=O)c3ccc(C)cc3)N(c3ccccc3C(F)(F)F)N2)cc1. The Labute approximate surface area is 222 Å². The van der Waals surface area contributed by atoms with Gasteiger partial charge < -0.3 is 5.11 Å². The molecule has 0 aliphatic carbocycles. The van der Waals surface area contributed by atoms with Crippen LogP contribution in [0.4, 0.5) is 18.9 Å². The lowest BCUT2D eigenvalue weighted by Crippen LogP contribution is -2.48. The van der Waals surface area contributed by atoms with Crippen LogP contribution in [-0.2, 0) is 31.0 Å². The molecule has 0 aromatic heterocycles. The minimum Gasteiger partial charge on any atom is -0.491 e. The topological polar surface area (TPSA) is 136 Å². The molecule has 1 aliphatic rings. The highest BCUT2D eigenvalue weighted by Crippen LogP contribution is 2.39. The van der Waals surface area contributed by atoms with E-state index < -0.39 is 59.9 Å². The van der Waals surface area contributed by atoms with Crippen LogP contribution in [0.1, 0.15) is 16.7 Å². The number of rotatable bonds is 6. The molecule has 10 nitrogen and oxygen atoms in total. The maximum absolute atomic E-state index is 13.8. The molecule has 15 heteroatoms. The van der Waals surface area contributed by atoms with E-state index in [-0.39, 0.29) is 9.31 Å². The number of hydrogen-bond acceptors (Lipinski definition) is 8. The van der Waals surface area contributed by atoms with Crippen LogP contribution in [0.5, 0.6) is 0 Å². The van der Waals surface area contributed by atoms with Crippen molar-refractivity contribution in [1.82, 2.24) is 14.6 Å². The minimum atomic E-state index is -4.97. The molecule has 0 atom stereocenters. The number of halogens is 3. The molecule has 0 saturated carbocycles. The lowest BCUT2D eigenvalue weighted by molar-refractivity contribution is -0.137. The lowest BCUT2D eigenvalue weighted by atomic mass is 10.2. The number of hydrazine groups is 2. The van der Waals surface area contributed by atoms with Crippen molar-refractivity contribution in [2.45, 2.75) is 29.8 Å². The van der Waals surface area contributed by atoms with Crippen molar-refractivity contribution in [1.29, 1.82) is 0 Å². The fourth-order valence-corrected chi connectivity index (χ4v) is 5.88. The van der Waals surface area contributed by atoms with E-state index in [1.54, 1.807) is 18.6 Å². The van der Waals surface area contributed by atoms with Gasteiger partial charge in [0.15, 0.2) is 5.70 Å². The third-order valence-corrected chi connectivity index (χ3v) is 8.58. The average Bonchev–Trinajstić information content (AvgIpc) is 3.21. The molecule has 1 amide bonds. The minimum absolute atomic E-state index is 0.0512. The summed E-state index contributed by atoms with van der Waals surface area (Å²) >= 11 is 0. The number of nitrogens with one attached hydrogen (secondary N) is 2. The Bertz CT molecular complexity index is 1670. The van der Waals surface area contributed by atoms with Crippen LogP contribution in [-0.4, -0.2) is 32.3 Å². The second-order valence-electron chi connectivity index (χ2n) is 8.45. The Balaban J connectivity index is 1.82. The summed E-state index contributed by atoms with van der Waals surface area (Å²) in [5.74, 6) is -2.88. The number of aliphatic hydroxyl groups excluding tert-OH is 1. The molecule has 3 aromatic carbocycles. The van der Waals surface area contributed by atoms with Crippen LogP contribution in [0.3, 0.4) is 0 Å². The number of aliphatic hydroxyl groups is 1. The van der Waals surface area contributed by atoms with Crippen LogP contribution in [0.25, 0.3) is 0 Å². The van der Waals surface area contributed by atoms with Gasteiger partial charge in [-0.3, -0.25) is 10.2 Å². The largest absolute Gasteiger partial charge is 0.491 e. The number of carbonyl (C=O) groups is 1. The van der Waals surface area contributed by atoms with Crippen LogP contribution in [0.15, 0.2) is 94.2 Å². The molecule has 3 aromatic rings. The van der Waals surface area contributed by atoms with E-state index in [0.717, 1.165) is 29.8 Å². The third-order valence-electron chi connectivity index (χ3n) is 5.57. The Morgan fingerprint density at radius 3 is 1.90 bits per heavy atom. The van der Waals surface area contributed by atoms with Gasteiger partial charge in [0.25, 0.3) is 31.8 Å². The van der Waals surface area contributed by atoms with Crippen molar-refractivity contribution in [3.05, 3.63) is 101 Å².